The number of fused-ring (bicyclic) bond motifs is 1. The Hall–Kier alpha value is -2.81. The van der Waals surface area contributed by atoms with E-state index >= 15 is 0 Å². The Bertz CT molecular complexity index is 1020. The lowest BCUT2D eigenvalue weighted by atomic mass is 9.89. The van der Waals surface area contributed by atoms with Gasteiger partial charge in [0, 0.05) is 32.1 Å². The van der Waals surface area contributed by atoms with Crippen molar-refractivity contribution in [2.45, 2.75) is 76.6 Å². The van der Waals surface area contributed by atoms with Crippen LogP contribution in [0.2, 0.25) is 0 Å². The normalized spacial score (nSPS) is 27.3. The highest BCUT2D eigenvalue weighted by Gasteiger charge is 2.52. The van der Waals surface area contributed by atoms with Crippen LogP contribution in [-0.4, -0.2) is 60.7 Å². The molecule has 0 bridgehead atoms. The third-order valence-electron chi connectivity index (χ3n) is 7.13. The zero-order valence-corrected chi connectivity index (χ0v) is 21.6. The molecule has 1 aromatic carbocycles. The molecule has 1 saturated carbocycles. The van der Waals surface area contributed by atoms with Crippen LogP contribution in [0.15, 0.2) is 23.2 Å². The highest BCUT2D eigenvalue weighted by Crippen LogP contribution is 2.48. The average Bonchev–Trinajstić information content (AvgIpc) is 3.54. The van der Waals surface area contributed by atoms with E-state index in [4.69, 9.17) is 19.9 Å². The van der Waals surface area contributed by atoms with E-state index in [0.29, 0.717) is 31.6 Å². The quantitative estimate of drug-likeness (QED) is 0.584. The lowest BCUT2D eigenvalue weighted by Gasteiger charge is -2.39. The molecule has 9 heteroatoms. The third kappa shape index (κ3) is 5.24. The van der Waals surface area contributed by atoms with E-state index in [0.717, 1.165) is 11.3 Å². The van der Waals surface area contributed by atoms with Crippen molar-refractivity contribution in [1.82, 2.24) is 10.2 Å². The van der Waals surface area contributed by atoms with Gasteiger partial charge in [0.2, 0.25) is 11.8 Å². The molecule has 0 aromatic heterocycles. The summed E-state index contributed by atoms with van der Waals surface area (Å²) >= 11 is 0. The number of carbonyl (C=O) groups is 2. The number of methoxy groups -OCH3 is 2. The number of carbonyl (C=O) groups excluding carboxylic acids is 2. The predicted octanol–water partition coefficient (Wildman–Crippen LogP) is 2.78. The summed E-state index contributed by atoms with van der Waals surface area (Å²) in [6.45, 7) is 8.29. The molecule has 0 spiro atoms. The second-order valence-corrected chi connectivity index (χ2v) is 11.1. The second-order valence-electron chi connectivity index (χ2n) is 11.1. The van der Waals surface area contributed by atoms with Crippen molar-refractivity contribution < 1.29 is 23.8 Å². The Balaban J connectivity index is 1.53. The molecule has 0 saturated heterocycles. The summed E-state index contributed by atoms with van der Waals surface area (Å²) in [7, 11) is 3.25. The highest BCUT2D eigenvalue weighted by atomic mass is 16.5. The number of amides is 2. The number of nitrogens with one attached hydrogen (secondary N) is 1. The van der Waals surface area contributed by atoms with Gasteiger partial charge in [0.05, 0.1) is 30.7 Å². The van der Waals surface area contributed by atoms with Crippen molar-refractivity contribution >= 4 is 17.8 Å². The minimum atomic E-state index is -0.522. The van der Waals surface area contributed by atoms with Gasteiger partial charge in [-0.1, -0.05) is 6.07 Å². The molecular formula is C26H38N4O5. The minimum Gasteiger partial charge on any atom is -0.496 e. The first-order valence-corrected chi connectivity index (χ1v) is 12.3. The molecule has 192 valence electrons. The number of nitrogens with zero attached hydrogens (tertiary/aromatic N) is 2. The van der Waals surface area contributed by atoms with Crippen LogP contribution < -0.4 is 20.5 Å². The van der Waals surface area contributed by atoms with Gasteiger partial charge in [0.1, 0.15) is 17.1 Å². The molecule has 9 nitrogen and oxygen atoms in total. The number of hydrogen-bond donors (Lipinski definition) is 2. The molecule has 1 fully saturated rings. The largest absolute Gasteiger partial charge is 0.496 e. The van der Waals surface area contributed by atoms with E-state index in [2.05, 4.69) is 10.3 Å². The van der Waals surface area contributed by atoms with Gasteiger partial charge in [-0.2, -0.15) is 0 Å². The van der Waals surface area contributed by atoms with Crippen LogP contribution in [-0.2, 0) is 14.3 Å². The fourth-order valence-corrected chi connectivity index (χ4v) is 5.53. The van der Waals surface area contributed by atoms with E-state index in [1.165, 1.54) is 0 Å². The summed E-state index contributed by atoms with van der Waals surface area (Å²) in [6, 6.07) is 5.21. The van der Waals surface area contributed by atoms with E-state index in [-0.39, 0.29) is 48.1 Å². The first-order valence-electron chi connectivity index (χ1n) is 12.3. The smallest absolute Gasteiger partial charge is 0.231 e. The van der Waals surface area contributed by atoms with Crippen LogP contribution in [0, 0.1) is 11.8 Å². The Morgan fingerprint density at radius 2 is 2.06 bits per heavy atom. The first kappa shape index (κ1) is 25.3. The van der Waals surface area contributed by atoms with Gasteiger partial charge in [-0.15, -0.1) is 0 Å². The number of benzene rings is 1. The Kier molecular flexibility index (Phi) is 6.74. The van der Waals surface area contributed by atoms with E-state index in [1.807, 2.05) is 45.9 Å². The number of rotatable bonds is 8. The van der Waals surface area contributed by atoms with Crippen molar-refractivity contribution in [2.75, 3.05) is 20.8 Å². The molecule has 2 aliphatic heterocycles. The SMILES string of the molecule is COCC[C@H](C1C[C@H]1C(=O)N[C@@H]1CC(C)(C)Oc2cccc(OC)c21)N1C(=O)CC(C)(C)N=C1N. The third-order valence-corrected chi connectivity index (χ3v) is 7.13. The maximum atomic E-state index is 13.4. The zero-order chi connectivity index (χ0) is 25.5. The predicted molar refractivity (Wildman–Crippen MR) is 132 cm³/mol. The maximum Gasteiger partial charge on any atom is 0.231 e. The molecule has 1 aliphatic carbocycles. The van der Waals surface area contributed by atoms with E-state index < -0.39 is 11.1 Å². The van der Waals surface area contributed by atoms with Gasteiger partial charge in [-0.3, -0.25) is 14.5 Å². The molecule has 1 unspecified atom stereocenters. The molecule has 3 N–H and O–H groups in total. The van der Waals surface area contributed by atoms with Gasteiger partial charge < -0.3 is 25.3 Å². The Labute approximate surface area is 207 Å². The van der Waals surface area contributed by atoms with Crippen LogP contribution in [0.3, 0.4) is 0 Å². The second kappa shape index (κ2) is 9.33. The number of aliphatic imine (C=N–C) groups is 1. The van der Waals surface area contributed by atoms with Crippen LogP contribution in [0.25, 0.3) is 0 Å². The lowest BCUT2D eigenvalue weighted by Crippen LogP contribution is -2.55. The zero-order valence-electron chi connectivity index (χ0n) is 21.6. The van der Waals surface area contributed by atoms with Gasteiger partial charge in [-0.05, 0) is 58.6 Å². The van der Waals surface area contributed by atoms with Crippen molar-refractivity contribution in [3.63, 3.8) is 0 Å². The molecule has 2 amide bonds. The van der Waals surface area contributed by atoms with Crippen LogP contribution >= 0.6 is 0 Å². The molecule has 4 rings (SSSR count). The van der Waals surface area contributed by atoms with E-state index in [9.17, 15) is 9.59 Å². The van der Waals surface area contributed by atoms with Gasteiger partial charge in [-0.25, -0.2) is 4.99 Å². The van der Waals surface area contributed by atoms with Crippen molar-refractivity contribution in [1.29, 1.82) is 0 Å². The standard InChI is InChI=1S/C26H38N4O5/c1-25(2)14-21(31)30(24(27)29-25)18(10-11-33-5)15-12-16(15)23(32)28-17-13-26(3,4)35-20-9-7-8-19(34-6)22(17)20/h7-9,15-18H,10-14H2,1-6H3,(H2,27,29)(H,28,32)/t15?,16-,17-,18-/m1/s1. The van der Waals surface area contributed by atoms with Crippen LogP contribution in [0.1, 0.15) is 65.0 Å². The summed E-state index contributed by atoms with van der Waals surface area (Å²) in [6.07, 6.45) is 2.19. The highest BCUT2D eigenvalue weighted by molar-refractivity contribution is 5.99. The number of hydrogen-bond acceptors (Lipinski definition) is 7. The van der Waals surface area contributed by atoms with E-state index in [1.54, 1.807) is 19.1 Å². The fourth-order valence-electron chi connectivity index (χ4n) is 5.53. The van der Waals surface area contributed by atoms with Gasteiger partial charge in [0.15, 0.2) is 5.96 Å². The van der Waals surface area contributed by atoms with Gasteiger partial charge in [0.25, 0.3) is 0 Å². The molecule has 35 heavy (non-hydrogen) atoms. The maximum absolute atomic E-state index is 13.4. The average molecular weight is 487 g/mol. The topological polar surface area (TPSA) is 115 Å². The number of ether oxygens (including phenoxy) is 3. The summed E-state index contributed by atoms with van der Waals surface area (Å²) in [5, 5.41) is 3.25. The molecular weight excluding hydrogens is 448 g/mol. The first-order chi connectivity index (χ1) is 16.5. The van der Waals surface area contributed by atoms with Gasteiger partial charge >= 0.3 is 0 Å². The van der Waals surface area contributed by atoms with Crippen molar-refractivity contribution in [3.05, 3.63) is 23.8 Å². The molecule has 0 radical (unpaired) electrons. The molecule has 2 heterocycles. The monoisotopic (exact) mass is 486 g/mol. The van der Waals surface area contributed by atoms with Crippen molar-refractivity contribution in [2.24, 2.45) is 22.6 Å². The Morgan fingerprint density at radius 3 is 2.71 bits per heavy atom. The molecule has 1 aromatic rings. The van der Waals surface area contributed by atoms with Crippen LogP contribution in [0.4, 0.5) is 0 Å². The minimum absolute atomic E-state index is 0.00551. The molecule has 4 atom stereocenters. The fraction of sp³-hybridized carbons (Fsp3) is 0.654. The number of nitrogens with two attached hydrogens (primary N) is 1. The summed E-state index contributed by atoms with van der Waals surface area (Å²) in [5.74, 6) is 1.34. The number of guanidine groups is 1. The molecule has 3 aliphatic rings. The summed E-state index contributed by atoms with van der Waals surface area (Å²) in [4.78, 5) is 32.6. The van der Waals surface area contributed by atoms with Crippen molar-refractivity contribution in [3.8, 4) is 11.5 Å². The Morgan fingerprint density at radius 1 is 1.31 bits per heavy atom. The van der Waals surface area contributed by atoms with Crippen LogP contribution in [0.5, 0.6) is 11.5 Å². The lowest BCUT2D eigenvalue weighted by molar-refractivity contribution is -0.132. The summed E-state index contributed by atoms with van der Waals surface area (Å²) < 4.78 is 17.0. The summed E-state index contributed by atoms with van der Waals surface area (Å²) in [5.41, 5.74) is 6.16.